The SMILES string of the molecule is CCNCC1(CN(CCN(C)C)CC(C)C)CCOC1. The molecule has 0 aromatic heterocycles. The highest BCUT2D eigenvalue weighted by molar-refractivity contribution is 4.88. The van der Waals surface area contributed by atoms with Gasteiger partial charge in [-0.05, 0) is 33.0 Å². The fourth-order valence-electron chi connectivity index (χ4n) is 2.93. The molecule has 0 aliphatic carbocycles. The second kappa shape index (κ2) is 8.98. The van der Waals surface area contributed by atoms with Crippen LogP contribution < -0.4 is 5.32 Å². The zero-order chi connectivity index (χ0) is 15.0. The van der Waals surface area contributed by atoms with Crippen LogP contribution in [-0.4, -0.2) is 76.4 Å². The molecular formula is C16H35N3O. The molecule has 1 aliphatic rings. The molecule has 1 N–H and O–H groups in total. The summed E-state index contributed by atoms with van der Waals surface area (Å²) in [5.41, 5.74) is 0.317. The van der Waals surface area contributed by atoms with Crippen molar-refractivity contribution in [3.63, 3.8) is 0 Å². The maximum Gasteiger partial charge on any atom is 0.0547 e. The molecule has 1 atom stereocenters. The van der Waals surface area contributed by atoms with Gasteiger partial charge in [0.1, 0.15) is 0 Å². The Hall–Kier alpha value is -0.160. The number of nitrogens with zero attached hydrogens (tertiary/aromatic N) is 2. The van der Waals surface area contributed by atoms with Gasteiger partial charge in [-0.25, -0.2) is 0 Å². The standard InChI is InChI=1S/C16H35N3O/c1-6-17-12-16(7-10-20-14-16)13-19(11-15(2)3)9-8-18(4)5/h15,17H,6-14H2,1-5H3. The summed E-state index contributed by atoms with van der Waals surface area (Å²) in [5.74, 6) is 0.718. The Morgan fingerprint density at radius 1 is 1.25 bits per heavy atom. The molecule has 120 valence electrons. The van der Waals surface area contributed by atoms with Crippen molar-refractivity contribution in [3.05, 3.63) is 0 Å². The molecule has 1 saturated heterocycles. The summed E-state index contributed by atoms with van der Waals surface area (Å²) in [4.78, 5) is 4.91. The zero-order valence-corrected chi connectivity index (χ0v) is 14.2. The van der Waals surface area contributed by atoms with Crippen molar-refractivity contribution in [2.24, 2.45) is 11.3 Å². The predicted molar refractivity (Wildman–Crippen MR) is 86.2 cm³/mol. The minimum absolute atomic E-state index is 0.317. The summed E-state index contributed by atoms with van der Waals surface area (Å²) in [6.07, 6.45) is 1.19. The van der Waals surface area contributed by atoms with Gasteiger partial charge in [0, 0.05) is 44.7 Å². The van der Waals surface area contributed by atoms with Crippen LogP contribution in [0, 0.1) is 11.3 Å². The van der Waals surface area contributed by atoms with Crippen LogP contribution in [0.5, 0.6) is 0 Å². The summed E-state index contributed by atoms with van der Waals surface area (Å²) in [6.45, 7) is 15.4. The lowest BCUT2D eigenvalue weighted by Gasteiger charge is -2.36. The normalized spacial score (nSPS) is 23.4. The second-order valence-electron chi connectivity index (χ2n) is 7.02. The van der Waals surface area contributed by atoms with E-state index >= 15 is 0 Å². The minimum Gasteiger partial charge on any atom is -0.381 e. The number of hydrogen-bond donors (Lipinski definition) is 1. The molecule has 0 aromatic carbocycles. The highest BCUT2D eigenvalue weighted by Gasteiger charge is 2.36. The van der Waals surface area contributed by atoms with E-state index in [0.717, 1.165) is 51.9 Å². The number of nitrogens with one attached hydrogen (secondary N) is 1. The maximum absolute atomic E-state index is 5.71. The highest BCUT2D eigenvalue weighted by atomic mass is 16.5. The van der Waals surface area contributed by atoms with Crippen LogP contribution in [0.3, 0.4) is 0 Å². The van der Waals surface area contributed by atoms with E-state index in [9.17, 15) is 0 Å². The highest BCUT2D eigenvalue weighted by Crippen LogP contribution is 2.29. The van der Waals surface area contributed by atoms with E-state index in [-0.39, 0.29) is 0 Å². The molecular weight excluding hydrogens is 250 g/mol. The molecule has 1 unspecified atom stereocenters. The van der Waals surface area contributed by atoms with Gasteiger partial charge in [0.25, 0.3) is 0 Å². The molecule has 0 bridgehead atoms. The quantitative estimate of drug-likeness (QED) is 0.659. The summed E-state index contributed by atoms with van der Waals surface area (Å²) < 4.78 is 5.71. The van der Waals surface area contributed by atoms with E-state index in [1.165, 1.54) is 13.0 Å². The third kappa shape index (κ3) is 6.53. The third-order valence-corrected chi connectivity index (χ3v) is 3.98. The van der Waals surface area contributed by atoms with Crippen molar-refractivity contribution < 1.29 is 4.74 Å². The smallest absolute Gasteiger partial charge is 0.0547 e. The number of hydrogen-bond acceptors (Lipinski definition) is 4. The number of ether oxygens (including phenoxy) is 1. The molecule has 0 amide bonds. The molecule has 0 spiro atoms. The Morgan fingerprint density at radius 3 is 2.50 bits per heavy atom. The molecule has 0 radical (unpaired) electrons. The fraction of sp³-hybridized carbons (Fsp3) is 1.00. The van der Waals surface area contributed by atoms with E-state index < -0.39 is 0 Å². The fourth-order valence-corrected chi connectivity index (χ4v) is 2.93. The van der Waals surface area contributed by atoms with Gasteiger partial charge >= 0.3 is 0 Å². The van der Waals surface area contributed by atoms with Crippen molar-refractivity contribution in [2.75, 3.05) is 66.6 Å². The van der Waals surface area contributed by atoms with Crippen molar-refractivity contribution in [1.29, 1.82) is 0 Å². The lowest BCUT2D eigenvalue weighted by molar-refractivity contribution is 0.0983. The van der Waals surface area contributed by atoms with Crippen LogP contribution in [-0.2, 0) is 4.74 Å². The van der Waals surface area contributed by atoms with Gasteiger partial charge in [-0.15, -0.1) is 0 Å². The molecule has 1 fully saturated rings. The molecule has 4 heteroatoms. The summed E-state index contributed by atoms with van der Waals surface area (Å²) >= 11 is 0. The summed E-state index contributed by atoms with van der Waals surface area (Å²) in [5, 5.41) is 3.54. The predicted octanol–water partition coefficient (Wildman–Crippen LogP) is 1.52. The van der Waals surface area contributed by atoms with Crippen LogP contribution in [0.4, 0.5) is 0 Å². The molecule has 0 aromatic rings. The maximum atomic E-state index is 5.71. The van der Waals surface area contributed by atoms with Gasteiger partial charge in [-0.2, -0.15) is 0 Å². The average molecular weight is 285 g/mol. The average Bonchev–Trinajstić information content (AvgIpc) is 2.82. The molecule has 4 nitrogen and oxygen atoms in total. The first-order chi connectivity index (χ1) is 9.47. The van der Waals surface area contributed by atoms with Crippen molar-refractivity contribution in [3.8, 4) is 0 Å². The van der Waals surface area contributed by atoms with Crippen molar-refractivity contribution in [1.82, 2.24) is 15.1 Å². The van der Waals surface area contributed by atoms with E-state index in [1.54, 1.807) is 0 Å². The molecule has 1 heterocycles. The van der Waals surface area contributed by atoms with E-state index in [1.807, 2.05) is 0 Å². The first-order valence-electron chi connectivity index (χ1n) is 8.13. The van der Waals surface area contributed by atoms with Gasteiger partial charge < -0.3 is 19.9 Å². The molecule has 1 rings (SSSR count). The van der Waals surface area contributed by atoms with E-state index in [0.29, 0.717) is 5.41 Å². The Bertz CT molecular complexity index is 250. The Morgan fingerprint density at radius 2 is 2.00 bits per heavy atom. The lowest BCUT2D eigenvalue weighted by atomic mass is 9.86. The van der Waals surface area contributed by atoms with Gasteiger partial charge in [0.05, 0.1) is 6.61 Å². The van der Waals surface area contributed by atoms with Crippen LogP contribution >= 0.6 is 0 Å². The van der Waals surface area contributed by atoms with Gasteiger partial charge in [-0.3, -0.25) is 0 Å². The minimum atomic E-state index is 0.317. The largest absolute Gasteiger partial charge is 0.381 e. The van der Waals surface area contributed by atoms with Gasteiger partial charge in [-0.1, -0.05) is 20.8 Å². The van der Waals surface area contributed by atoms with Crippen LogP contribution in [0.25, 0.3) is 0 Å². The first-order valence-corrected chi connectivity index (χ1v) is 8.13. The lowest BCUT2D eigenvalue weighted by Crippen LogP contribution is -2.47. The topological polar surface area (TPSA) is 27.7 Å². The Kier molecular flexibility index (Phi) is 8.03. The first kappa shape index (κ1) is 17.9. The van der Waals surface area contributed by atoms with Crippen LogP contribution in [0.2, 0.25) is 0 Å². The van der Waals surface area contributed by atoms with Crippen LogP contribution in [0.1, 0.15) is 27.2 Å². The van der Waals surface area contributed by atoms with Crippen LogP contribution in [0.15, 0.2) is 0 Å². The molecule has 1 aliphatic heterocycles. The van der Waals surface area contributed by atoms with Crippen molar-refractivity contribution in [2.45, 2.75) is 27.2 Å². The molecule has 0 saturated carbocycles. The second-order valence-corrected chi connectivity index (χ2v) is 7.02. The number of likely N-dealkylation sites (N-methyl/N-ethyl adjacent to an activating group) is 1. The number of rotatable bonds is 10. The Labute approximate surface area is 125 Å². The molecule has 20 heavy (non-hydrogen) atoms. The summed E-state index contributed by atoms with van der Waals surface area (Å²) in [6, 6.07) is 0. The zero-order valence-electron chi connectivity index (χ0n) is 14.2. The third-order valence-electron chi connectivity index (χ3n) is 3.98. The monoisotopic (exact) mass is 285 g/mol. The van der Waals surface area contributed by atoms with Gasteiger partial charge in [0.15, 0.2) is 0 Å². The summed E-state index contributed by atoms with van der Waals surface area (Å²) in [7, 11) is 4.31. The van der Waals surface area contributed by atoms with E-state index in [4.69, 9.17) is 4.74 Å². The van der Waals surface area contributed by atoms with Crippen molar-refractivity contribution >= 4 is 0 Å². The Balaban J connectivity index is 2.58. The van der Waals surface area contributed by atoms with Gasteiger partial charge in [0.2, 0.25) is 0 Å². The van der Waals surface area contributed by atoms with E-state index in [2.05, 4.69) is 50.0 Å².